The van der Waals surface area contributed by atoms with Crippen molar-refractivity contribution in [3.05, 3.63) is 52.3 Å². The van der Waals surface area contributed by atoms with Crippen LogP contribution in [0.2, 0.25) is 0 Å². The zero-order valence-electron chi connectivity index (χ0n) is 13.4. The molecule has 2 rings (SSSR count). The summed E-state index contributed by atoms with van der Waals surface area (Å²) in [6, 6.07) is 9.26. The van der Waals surface area contributed by atoms with Crippen molar-refractivity contribution >= 4 is 23.2 Å². The number of carbonyl (C=O) groups excluding carboxylic acids is 2. The topological polar surface area (TPSA) is 63.5 Å². The van der Waals surface area contributed by atoms with E-state index in [9.17, 15) is 9.59 Å². The first-order valence-corrected chi connectivity index (χ1v) is 8.52. The number of carbonyl (C=O) groups is 2. The second-order valence-corrected chi connectivity index (χ2v) is 6.33. The standard InChI is InChI=1S/C17H21N3O2S/c1-13(2)19-15-8-3-4-11-20(15)16(21)9-5-10-18-17(22)14-7-6-12-23-14/h3-4,6-8,11-13H,5,9-10H2,1-2H3,(H,18,22). The molecule has 0 atom stereocenters. The minimum Gasteiger partial charge on any atom is -0.351 e. The van der Waals surface area contributed by atoms with Crippen molar-refractivity contribution in [2.45, 2.75) is 32.7 Å². The maximum atomic E-state index is 12.3. The number of hydrogen-bond acceptors (Lipinski definition) is 4. The van der Waals surface area contributed by atoms with E-state index in [0.717, 1.165) is 0 Å². The molecule has 0 aromatic carbocycles. The highest BCUT2D eigenvalue weighted by molar-refractivity contribution is 7.12. The van der Waals surface area contributed by atoms with Crippen molar-refractivity contribution in [2.24, 2.45) is 4.99 Å². The molecule has 2 aromatic rings. The lowest BCUT2D eigenvalue weighted by Gasteiger charge is -2.07. The van der Waals surface area contributed by atoms with Crippen LogP contribution in [0.25, 0.3) is 0 Å². The number of hydrogen-bond donors (Lipinski definition) is 1. The lowest BCUT2D eigenvalue weighted by Crippen LogP contribution is -2.29. The Kier molecular flexibility index (Phi) is 6.29. The van der Waals surface area contributed by atoms with Gasteiger partial charge in [0.1, 0.15) is 5.49 Å². The molecule has 0 aliphatic rings. The predicted molar refractivity (Wildman–Crippen MR) is 91.6 cm³/mol. The maximum absolute atomic E-state index is 12.3. The molecule has 6 heteroatoms. The zero-order chi connectivity index (χ0) is 16.7. The van der Waals surface area contributed by atoms with E-state index in [1.54, 1.807) is 16.8 Å². The highest BCUT2D eigenvalue weighted by Crippen LogP contribution is 2.07. The first-order chi connectivity index (χ1) is 11.1. The van der Waals surface area contributed by atoms with E-state index >= 15 is 0 Å². The minimum atomic E-state index is -0.0877. The summed E-state index contributed by atoms with van der Waals surface area (Å²) in [6.45, 7) is 4.43. The number of pyridine rings is 1. The summed E-state index contributed by atoms with van der Waals surface area (Å²) in [5.41, 5.74) is 0.662. The van der Waals surface area contributed by atoms with Gasteiger partial charge in [-0.05, 0) is 43.8 Å². The number of thiophene rings is 1. The Labute approximate surface area is 139 Å². The van der Waals surface area contributed by atoms with Gasteiger partial charge >= 0.3 is 0 Å². The van der Waals surface area contributed by atoms with Crippen LogP contribution in [0, 0.1) is 0 Å². The van der Waals surface area contributed by atoms with E-state index in [-0.39, 0.29) is 17.9 Å². The third kappa shape index (κ3) is 5.17. The molecule has 0 bridgehead atoms. The third-order valence-corrected chi connectivity index (χ3v) is 3.96. The molecule has 5 nitrogen and oxygen atoms in total. The molecule has 0 radical (unpaired) electrons. The number of aromatic nitrogens is 1. The van der Waals surface area contributed by atoms with Crippen molar-refractivity contribution in [2.75, 3.05) is 6.54 Å². The molecular formula is C17H21N3O2S. The molecule has 2 aromatic heterocycles. The van der Waals surface area contributed by atoms with Crippen molar-refractivity contribution in [3.63, 3.8) is 0 Å². The average Bonchev–Trinajstić information content (AvgIpc) is 3.05. The third-order valence-electron chi connectivity index (χ3n) is 3.10. The van der Waals surface area contributed by atoms with E-state index in [0.29, 0.717) is 29.8 Å². The highest BCUT2D eigenvalue weighted by Gasteiger charge is 2.08. The van der Waals surface area contributed by atoms with Crippen LogP contribution in [0.3, 0.4) is 0 Å². The van der Waals surface area contributed by atoms with Crippen LogP contribution in [0.15, 0.2) is 46.9 Å². The van der Waals surface area contributed by atoms with Gasteiger partial charge in [0.05, 0.1) is 4.88 Å². The van der Waals surface area contributed by atoms with Crippen LogP contribution < -0.4 is 10.8 Å². The molecule has 122 valence electrons. The van der Waals surface area contributed by atoms with E-state index in [1.165, 1.54) is 11.3 Å². The van der Waals surface area contributed by atoms with Crippen LogP contribution in [0.4, 0.5) is 0 Å². The smallest absolute Gasteiger partial charge is 0.261 e. The molecule has 0 fully saturated rings. The minimum absolute atomic E-state index is 0.0182. The lowest BCUT2D eigenvalue weighted by atomic mass is 10.2. The Balaban J connectivity index is 1.87. The summed E-state index contributed by atoms with van der Waals surface area (Å²) in [4.78, 5) is 29.2. The van der Waals surface area contributed by atoms with Gasteiger partial charge in [-0.25, -0.2) is 0 Å². The fraction of sp³-hybridized carbons (Fsp3) is 0.353. The molecule has 23 heavy (non-hydrogen) atoms. The lowest BCUT2D eigenvalue weighted by molar-refractivity contribution is 0.0885. The van der Waals surface area contributed by atoms with Gasteiger partial charge in [0.15, 0.2) is 0 Å². The van der Waals surface area contributed by atoms with Gasteiger partial charge in [-0.2, -0.15) is 0 Å². The average molecular weight is 331 g/mol. The molecule has 0 aliphatic heterocycles. The molecule has 0 saturated carbocycles. The second kappa shape index (κ2) is 8.43. The van der Waals surface area contributed by atoms with Crippen molar-refractivity contribution in [1.29, 1.82) is 0 Å². The van der Waals surface area contributed by atoms with Crippen molar-refractivity contribution < 1.29 is 9.59 Å². The molecular weight excluding hydrogens is 310 g/mol. The second-order valence-electron chi connectivity index (χ2n) is 5.38. The number of rotatable bonds is 6. The van der Waals surface area contributed by atoms with Gasteiger partial charge in [0, 0.05) is 25.2 Å². The van der Waals surface area contributed by atoms with Crippen molar-refractivity contribution in [3.8, 4) is 0 Å². The largest absolute Gasteiger partial charge is 0.351 e. The zero-order valence-corrected chi connectivity index (χ0v) is 14.2. The van der Waals surface area contributed by atoms with Crippen LogP contribution in [0.1, 0.15) is 41.2 Å². The van der Waals surface area contributed by atoms with Gasteiger partial charge in [-0.3, -0.25) is 19.1 Å². The van der Waals surface area contributed by atoms with Crippen LogP contribution in [-0.4, -0.2) is 29.0 Å². The Morgan fingerprint density at radius 2 is 2.09 bits per heavy atom. The molecule has 1 N–H and O–H groups in total. The van der Waals surface area contributed by atoms with Gasteiger partial charge in [-0.1, -0.05) is 12.1 Å². The fourth-order valence-electron chi connectivity index (χ4n) is 2.07. The monoisotopic (exact) mass is 331 g/mol. The SMILES string of the molecule is CC(C)N=c1ccccn1C(=O)CCCNC(=O)c1cccs1. The Morgan fingerprint density at radius 1 is 1.26 bits per heavy atom. The summed E-state index contributed by atoms with van der Waals surface area (Å²) in [7, 11) is 0. The number of nitrogens with one attached hydrogen (secondary N) is 1. The van der Waals surface area contributed by atoms with Crippen molar-refractivity contribution in [1.82, 2.24) is 9.88 Å². The Bertz CT molecular complexity index is 717. The first-order valence-electron chi connectivity index (χ1n) is 7.64. The number of amides is 1. The summed E-state index contributed by atoms with van der Waals surface area (Å²) in [5, 5.41) is 4.69. The number of nitrogens with zero attached hydrogens (tertiary/aromatic N) is 2. The first kappa shape index (κ1) is 17.1. The van der Waals surface area contributed by atoms with Crippen LogP contribution >= 0.6 is 11.3 Å². The quantitative estimate of drug-likeness (QED) is 0.827. The summed E-state index contributed by atoms with van der Waals surface area (Å²) < 4.78 is 1.57. The predicted octanol–water partition coefficient (Wildman–Crippen LogP) is 2.71. The van der Waals surface area contributed by atoms with Crippen LogP contribution in [-0.2, 0) is 0 Å². The van der Waals surface area contributed by atoms with E-state index in [1.807, 2.05) is 43.5 Å². The van der Waals surface area contributed by atoms with Gasteiger partial charge < -0.3 is 5.32 Å². The molecule has 0 spiro atoms. The normalized spacial score (nSPS) is 11.7. The summed E-state index contributed by atoms with van der Waals surface area (Å²) in [6.07, 6.45) is 2.69. The summed E-state index contributed by atoms with van der Waals surface area (Å²) >= 11 is 1.40. The molecule has 0 aliphatic carbocycles. The fourth-order valence-corrected chi connectivity index (χ4v) is 2.71. The van der Waals surface area contributed by atoms with E-state index < -0.39 is 0 Å². The van der Waals surface area contributed by atoms with Crippen LogP contribution in [0.5, 0.6) is 0 Å². The molecule has 1 amide bonds. The van der Waals surface area contributed by atoms with Gasteiger partial charge in [0.25, 0.3) is 5.91 Å². The maximum Gasteiger partial charge on any atom is 0.261 e. The van der Waals surface area contributed by atoms with Gasteiger partial charge in [0.2, 0.25) is 5.91 Å². The Hall–Kier alpha value is -2.21. The van der Waals surface area contributed by atoms with E-state index in [4.69, 9.17) is 0 Å². The highest BCUT2D eigenvalue weighted by atomic mass is 32.1. The summed E-state index contributed by atoms with van der Waals surface area (Å²) in [5.74, 6) is -0.106. The van der Waals surface area contributed by atoms with E-state index in [2.05, 4.69) is 10.3 Å². The van der Waals surface area contributed by atoms with Gasteiger partial charge in [-0.15, -0.1) is 11.3 Å². The molecule has 0 unspecified atom stereocenters. The molecule has 0 saturated heterocycles. The molecule has 2 heterocycles. The Morgan fingerprint density at radius 3 is 2.78 bits per heavy atom.